The Balaban J connectivity index is 1.36. The van der Waals surface area contributed by atoms with Crippen LogP contribution in [0.15, 0.2) is 18.3 Å². The van der Waals surface area contributed by atoms with E-state index < -0.39 is 0 Å². The van der Waals surface area contributed by atoms with Crippen LogP contribution < -0.4 is 4.74 Å². The molecule has 0 aromatic carbocycles. The van der Waals surface area contributed by atoms with Crippen LogP contribution in [-0.2, 0) is 11.3 Å². The Hall–Kier alpha value is -1.86. The zero-order valence-electron chi connectivity index (χ0n) is 14.8. The molecule has 0 spiro atoms. The number of urea groups is 1. The molecule has 3 saturated heterocycles. The van der Waals surface area contributed by atoms with E-state index in [1.54, 1.807) is 7.11 Å². The van der Waals surface area contributed by atoms with Crippen molar-refractivity contribution in [1.29, 1.82) is 0 Å². The van der Waals surface area contributed by atoms with Gasteiger partial charge < -0.3 is 19.3 Å². The van der Waals surface area contributed by atoms with E-state index in [4.69, 9.17) is 9.47 Å². The molecule has 7 nitrogen and oxygen atoms in total. The van der Waals surface area contributed by atoms with E-state index in [-0.39, 0.29) is 6.03 Å². The summed E-state index contributed by atoms with van der Waals surface area (Å²) in [5, 5.41) is 0. The maximum absolute atomic E-state index is 12.7. The van der Waals surface area contributed by atoms with E-state index in [9.17, 15) is 4.79 Å². The maximum Gasteiger partial charge on any atom is 0.320 e. The van der Waals surface area contributed by atoms with Crippen molar-refractivity contribution < 1.29 is 14.3 Å². The molecule has 0 radical (unpaired) electrons. The molecular weight excluding hydrogens is 320 g/mol. The maximum atomic E-state index is 12.7. The van der Waals surface area contributed by atoms with Crippen molar-refractivity contribution in [2.24, 2.45) is 0 Å². The number of piperazine rings is 1. The van der Waals surface area contributed by atoms with Crippen LogP contribution in [0.25, 0.3) is 0 Å². The molecular formula is C18H26N4O3. The normalized spacial score (nSPS) is 25.3. The number of ether oxygens (including phenoxy) is 2. The molecule has 0 N–H and O–H groups in total. The van der Waals surface area contributed by atoms with Crippen LogP contribution in [0.4, 0.5) is 4.79 Å². The first kappa shape index (κ1) is 16.6. The molecule has 1 unspecified atom stereocenters. The molecule has 4 rings (SSSR count). The molecule has 1 aromatic rings. The number of carbonyl (C=O) groups is 1. The highest BCUT2D eigenvalue weighted by atomic mass is 16.5. The van der Waals surface area contributed by atoms with Crippen LogP contribution in [0.2, 0.25) is 0 Å². The molecule has 25 heavy (non-hydrogen) atoms. The Morgan fingerprint density at radius 2 is 2.00 bits per heavy atom. The smallest absolute Gasteiger partial charge is 0.320 e. The van der Waals surface area contributed by atoms with Gasteiger partial charge in [-0.25, -0.2) is 9.78 Å². The molecule has 0 bridgehead atoms. The number of pyridine rings is 1. The van der Waals surface area contributed by atoms with Gasteiger partial charge in [0.2, 0.25) is 5.88 Å². The minimum absolute atomic E-state index is 0.225. The van der Waals surface area contributed by atoms with Gasteiger partial charge in [0.05, 0.1) is 13.2 Å². The fourth-order valence-electron chi connectivity index (χ4n) is 4.13. The summed E-state index contributed by atoms with van der Waals surface area (Å²) < 4.78 is 10.6. The van der Waals surface area contributed by atoms with Crippen molar-refractivity contribution in [2.45, 2.75) is 31.5 Å². The van der Waals surface area contributed by atoms with Crippen LogP contribution in [0, 0.1) is 0 Å². The quantitative estimate of drug-likeness (QED) is 0.820. The number of amides is 2. The third kappa shape index (κ3) is 3.43. The summed E-state index contributed by atoms with van der Waals surface area (Å²) in [6.07, 6.45) is 3.81. The fraction of sp³-hybridized carbons (Fsp3) is 0.667. The molecule has 0 aliphatic carbocycles. The summed E-state index contributed by atoms with van der Waals surface area (Å²) in [5.41, 5.74) is 1.18. The van der Waals surface area contributed by atoms with Crippen LogP contribution >= 0.6 is 0 Å². The highest BCUT2D eigenvalue weighted by molar-refractivity contribution is 5.77. The second-order valence-electron chi connectivity index (χ2n) is 7.07. The first-order valence-corrected chi connectivity index (χ1v) is 9.11. The zero-order chi connectivity index (χ0) is 17.2. The van der Waals surface area contributed by atoms with E-state index in [2.05, 4.69) is 25.8 Å². The van der Waals surface area contributed by atoms with Crippen LogP contribution in [0.3, 0.4) is 0 Å². The van der Waals surface area contributed by atoms with Gasteiger partial charge in [-0.1, -0.05) is 6.07 Å². The average Bonchev–Trinajstić information content (AvgIpc) is 2.99. The number of carbonyl (C=O) groups excluding carboxylic acids is 1. The lowest BCUT2D eigenvalue weighted by Crippen LogP contribution is -2.51. The van der Waals surface area contributed by atoms with Gasteiger partial charge in [-0.15, -0.1) is 0 Å². The highest BCUT2D eigenvalue weighted by Crippen LogP contribution is 2.26. The molecule has 1 aromatic heterocycles. The van der Waals surface area contributed by atoms with Crippen molar-refractivity contribution in [3.05, 3.63) is 23.9 Å². The lowest BCUT2D eigenvalue weighted by Gasteiger charge is -2.36. The summed E-state index contributed by atoms with van der Waals surface area (Å²) >= 11 is 0. The predicted octanol–water partition coefficient (Wildman–Crippen LogP) is 1.19. The Kier molecular flexibility index (Phi) is 4.76. The van der Waals surface area contributed by atoms with Crippen molar-refractivity contribution in [3.8, 4) is 5.88 Å². The monoisotopic (exact) mass is 346 g/mol. The molecule has 1 atom stereocenters. The first-order valence-electron chi connectivity index (χ1n) is 9.11. The van der Waals surface area contributed by atoms with Gasteiger partial charge in [-0.05, 0) is 18.4 Å². The lowest BCUT2D eigenvalue weighted by molar-refractivity contribution is 0.0504. The third-order valence-electron chi connectivity index (χ3n) is 5.51. The molecule has 3 fully saturated rings. The van der Waals surface area contributed by atoms with E-state index in [0.29, 0.717) is 18.0 Å². The van der Waals surface area contributed by atoms with Gasteiger partial charge >= 0.3 is 6.03 Å². The van der Waals surface area contributed by atoms with E-state index in [1.807, 2.05) is 12.3 Å². The van der Waals surface area contributed by atoms with E-state index >= 15 is 0 Å². The molecule has 3 aliphatic heterocycles. The molecule has 136 valence electrons. The molecule has 2 amide bonds. The SMILES string of the molecule is COc1ccc(CN2CCN3C(=O)N(C4CCOCC4)CC3C2)cn1. The van der Waals surface area contributed by atoms with E-state index in [0.717, 1.165) is 58.8 Å². The molecule has 7 heteroatoms. The number of methoxy groups -OCH3 is 1. The summed E-state index contributed by atoms with van der Waals surface area (Å²) in [7, 11) is 1.63. The average molecular weight is 346 g/mol. The Bertz CT molecular complexity index is 603. The second-order valence-corrected chi connectivity index (χ2v) is 7.07. The van der Waals surface area contributed by atoms with Gasteiger partial charge in [0.25, 0.3) is 0 Å². The minimum atomic E-state index is 0.225. The van der Waals surface area contributed by atoms with Crippen LogP contribution in [0.5, 0.6) is 5.88 Å². The van der Waals surface area contributed by atoms with Gasteiger partial charge in [0, 0.05) is 64.2 Å². The minimum Gasteiger partial charge on any atom is -0.481 e. The second kappa shape index (κ2) is 7.17. The largest absolute Gasteiger partial charge is 0.481 e. The zero-order valence-corrected chi connectivity index (χ0v) is 14.8. The Labute approximate surface area is 148 Å². The third-order valence-corrected chi connectivity index (χ3v) is 5.51. The highest BCUT2D eigenvalue weighted by Gasteiger charge is 2.43. The standard InChI is InChI=1S/C18H26N4O3/c1-24-17-3-2-14(10-19-17)11-20-6-7-21-16(12-20)13-22(18(21)23)15-4-8-25-9-5-15/h2-3,10,15-16H,4-9,11-13H2,1H3. The van der Waals surface area contributed by atoms with Crippen molar-refractivity contribution in [3.63, 3.8) is 0 Å². The molecule has 3 aliphatic rings. The Morgan fingerprint density at radius 3 is 2.72 bits per heavy atom. The number of fused-ring (bicyclic) bond motifs is 1. The Morgan fingerprint density at radius 1 is 1.16 bits per heavy atom. The number of hydrogen-bond acceptors (Lipinski definition) is 5. The number of nitrogens with zero attached hydrogens (tertiary/aromatic N) is 4. The van der Waals surface area contributed by atoms with E-state index in [1.165, 1.54) is 5.56 Å². The summed E-state index contributed by atoms with van der Waals surface area (Å²) in [6.45, 7) is 5.92. The van der Waals surface area contributed by atoms with Crippen LogP contribution in [-0.4, -0.2) is 84.3 Å². The van der Waals surface area contributed by atoms with Crippen LogP contribution in [0.1, 0.15) is 18.4 Å². The van der Waals surface area contributed by atoms with Crippen molar-refractivity contribution in [2.75, 3.05) is 46.5 Å². The van der Waals surface area contributed by atoms with Gasteiger partial charge in [-0.3, -0.25) is 4.90 Å². The molecule has 4 heterocycles. The number of hydrogen-bond donors (Lipinski definition) is 0. The predicted molar refractivity (Wildman–Crippen MR) is 92.5 cm³/mol. The molecule has 0 saturated carbocycles. The van der Waals surface area contributed by atoms with Gasteiger partial charge in [0.1, 0.15) is 0 Å². The summed E-state index contributed by atoms with van der Waals surface area (Å²) in [5.74, 6) is 0.641. The number of aromatic nitrogens is 1. The first-order chi connectivity index (χ1) is 12.2. The number of rotatable bonds is 4. The van der Waals surface area contributed by atoms with Crippen molar-refractivity contribution in [1.82, 2.24) is 19.7 Å². The fourth-order valence-corrected chi connectivity index (χ4v) is 4.13. The summed E-state index contributed by atoms with van der Waals surface area (Å²) in [6, 6.07) is 4.84. The topological polar surface area (TPSA) is 58.1 Å². The van der Waals surface area contributed by atoms with Crippen molar-refractivity contribution >= 4 is 6.03 Å². The van der Waals surface area contributed by atoms with Gasteiger partial charge in [0.15, 0.2) is 0 Å². The summed E-state index contributed by atoms with van der Waals surface area (Å²) in [4.78, 5) is 23.6. The lowest BCUT2D eigenvalue weighted by atomic mass is 10.1. The van der Waals surface area contributed by atoms with Gasteiger partial charge in [-0.2, -0.15) is 0 Å².